The molecule has 18 heteroatoms. The van der Waals surface area contributed by atoms with Crippen LogP contribution >= 0.6 is 78.1 Å². The molecule has 0 unspecified atom stereocenters. The highest BCUT2D eigenvalue weighted by Gasteiger charge is 2.18. The summed E-state index contributed by atoms with van der Waals surface area (Å²) in [5.41, 5.74) is 14.3. The van der Waals surface area contributed by atoms with Crippen LogP contribution in [0.15, 0.2) is 73.1 Å². The third-order valence-electron chi connectivity index (χ3n) is 6.14. The topological polar surface area (TPSA) is 185 Å². The Hall–Kier alpha value is -2.94. The lowest BCUT2D eigenvalue weighted by atomic mass is 10.1. The van der Waals surface area contributed by atoms with Crippen LogP contribution in [-0.4, -0.2) is 50.7 Å². The number of alkyl halides is 1. The van der Waals surface area contributed by atoms with Gasteiger partial charge >= 0.3 is 0 Å². The Morgan fingerprint density at radius 3 is 1.54 bits per heavy atom. The maximum atomic E-state index is 11.6. The van der Waals surface area contributed by atoms with Gasteiger partial charge in [-0.05, 0) is 105 Å². The Labute approximate surface area is 305 Å². The lowest BCUT2D eigenvalue weighted by Crippen LogP contribution is -2.12. The van der Waals surface area contributed by atoms with E-state index in [0.29, 0.717) is 33.9 Å². The molecule has 0 radical (unpaired) electrons. The summed E-state index contributed by atoms with van der Waals surface area (Å²) in [7, 11) is 7.36. The van der Waals surface area contributed by atoms with Crippen LogP contribution in [0.2, 0.25) is 0 Å². The number of nitrogens with zero attached hydrogens (tertiary/aromatic N) is 6. The molecule has 0 aliphatic carbocycles. The summed E-state index contributed by atoms with van der Waals surface area (Å²) >= 11 is 10.2. The molecule has 4 heterocycles. The number of halogens is 5. The average Bonchev–Trinajstić information content (AvgIpc) is 3.60. The Balaban J connectivity index is 0.000000187. The molecule has 0 spiro atoms. The second kappa shape index (κ2) is 16.2. The highest BCUT2D eigenvalue weighted by molar-refractivity contribution is 14.1. The number of aromatic nitrogens is 6. The highest BCUT2D eigenvalue weighted by atomic mass is 127. The molecule has 2 amide bonds. The SMILES string of the molecule is NC(=O)c1nn(-c2cc(I)ccn2)c2ccc(CCl)cc12.NC(=O)c1nn(-c2cc(I)ccn2)c2ccc(CO)cc12.O=S(Cl)Cl. The number of hydrogen-bond acceptors (Lipinski definition) is 8. The monoisotopic (exact) mass is 924 g/mol. The fourth-order valence-corrected chi connectivity index (χ4v) is 5.29. The molecular formula is C28H21Cl3I2N8O4S. The van der Waals surface area contributed by atoms with Crippen molar-refractivity contribution in [1.82, 2.24) is 29.5 Å². The van der Waals surface area contributed by atoms with E-state index in [0.717, 1.165) is 23.7 Å². The van der Waals surface area contributed by atoms with Crippen molar-refractivity contribution in [3.63, 3.8) is 0 Å². The normalized spacial score (nSPS) is 10.8. The van der Waals surface area contributed by atoms with Crippen molar-refractivity contribution >= 4 is 121 Å². The lowest BCUT2D eigenvalue weighted by molar-refractivity contribution is 0.0988. The number of rotatable bonds is 6. The molecule has 0 atom stereocenters. The minimum Gasteiger partial charge on any atom is -0.392 e. The van der Waals surface area contributed by atoms with E-state index in [1.54, 1.807) is 40.0 Å². The van der Waals surface area contributed by atoms with Gasteiger partial charge in [0.25, 0.3) is 11.8 Å². The molecule has 5 N–H and O–H groups in total. The van der Waals surface area contributed by atoms with Gasteiger partial charge in [0.05, 0.1) is 17.6 Å². The fraction of sp³-hybridized carbons (Fsp3) is 0.0714. The van der Waals surface area contributed by atoms with Crippen molar-refractivity contribution in [2.75, 3.05) is 0 Å². The van der Waals surface area contributed by atoms with E-state index in [1.165, 1.54) is 0 Å². The number of fused-ring (bicyclic) bond motifs is 2. The molecule has 0 bridgehead atoms. The van der Waals surface area contributed by atoms with Crippen LogP contribution in [0.4, 0.5) is 0 Å². The van der Waals surface area contributed by atoms with Crippen molar-refractivity contribution in [2.45, 2.75) is 12.5 Å². The number of benzene rings is 2. The van der Waals surface area contributed by atoms with Gasteiger partial charge in [0.2, 0.25) is 9.23 Å². The van der Waals surface area contributed by atoms with E-state index < -0.39 is 21.0 Å². The number of aliphatic hydroxyl groups is 1. The molecule has 0 saturated carbocycles. The highest BCUT2D eigenvalue weighted by Crippen LogP contribution is 2.25. The number of primary amides is 2. The molecule has 2 aromatic carbocycles. The molecule has 12 nitrogen and oxygen atoms in total. The zero-order valence-corrected chi connectivity index (χ0v) is 30.5. The molecule has 238 valence electrons. The average molecular weight is 926 g/mol. The molecule has 6 rings (SSSR count). The summed E-state index contributed by atoms with van der Waals surface area (Å²) in [4.78, 5) is 31.8. The molecule has 0 aliphatic rings. The lowest BCUT2D eigenvalue weighted by Gasteiger charge is -2.03. The van der Waals surface area contributed by atoms with Crippen LogP contribution in [0.5, 0.6) is 0 Å². The predicted octanol–water partition coefficient (Wildman–Crippen LogP) is 5.52. The van der Waals surface area contributed by atoms with Gasteiger partial charge in [0.1, 0.15) is 0 Å². The Morgan fingerprint density at radius 2 is 1.17 bits per heavy atom. The van der Waals surface area contributed by atoms with Crippen molar-refractivity contribution in [3.8, 4) is 11.6 Å². The van der Waals surface area contributed by atoms with E-state index in [2.05, 4.69) is 86.7 Å². The number of hydrogen-bond donors (Lipinski definition) is 3. The van der Waals surface area contributed by atoms with Gasteiger partial charge in [-0.15, -0.1) is 11.6 Å². The second-order valence-electron chi connectivity index (χ2n) is 9.09. The van der Waals surface area contributed by atoms with E-state index in [4.69, 9.17) is 27.3 Å². The first-order chi connectivity index (χ1) is 21.9. The van der Waals surface area contributed by atoms with E-state index >= 15 is 0 Å². The van der Waals surface area contributed by atoms with Crippen LogP contribution in [-0.2, 0) is 21.7 Å². The number of pyridine rings is 2. The van der Waals surface area contributed by atoms with Crippen LogP contribution in [0.3, 0.4) is 0 Å². The summed E-state index contributed by atoms with van der Waals surface area (Å²) in [6, 6.07) is 18.4. The molecule has 46 heavy (non-hydrogen) atoms. The number of nitrogens with two attached hydrogens (primary N) is 2. The van der Waals surface area contributed by atoms with Crippen LogP contribution in [0.25, 0.3) is 33.4 Å². The van der Waals surface area contributed by atoms with E-state index in [1.807, 2.05) is 42.5 Å². The first kappa shape index (κ1) is 35.9. The van der Waals surface area contributed by atoms with Gasteiger partial charge in [0.15, 0.2) is 23.0 Å². The Bertz CT molecular complexity index is 1950. The Morgan fingerprint density at radius 1 is 0.761 bits per heavy atom. The minimum atomic E-state index is -1.67. The maximum Gasteiger partial charge on any atom is 0.269 e. The van der Waals surface area contributed by atoms with Crippen LogP contribution in [0.1, 0.15) is 32.1 Å². The first-order valence-electron chi connectivity index (χ1n) is 12.7. The summed E-state index contributed by atoms with van der Waals surface area (Å²) in [5, 5.41) is 19.1. The molecule has 4 aromatic heterocycles. The second-order valence-corrected chi connectivity index (χ2v) is 14.4. The van der Waals surface area contributed by atoms with Crippen molar-refractivity contribution in [3.05, 3.63) is 103 Å². The molecule has 6 aromatic rings. The fourth-order valence-electron chi connectivity index (χ4n) is 4.24. The summed E-state index contributed by atoms with van der Waals surface area (Å²) in [6.07, 6.45) is 3.37. The zero-order chi connectivity index (χ0) is 33.5. The van der Waals surface area contributed by atoms with E-state index in [9.17, 15) is 14.7 Å². The first-order valence-corrected chi connectivity index (χ1v) is 18.2. The van der Waals surface area contributed by atoms with Gasteiger partial charge in [-0.2, -0.15) is 10.2 Å². The number of aliphatic hydroxyl groups excluding tert-OH is 1. The Kier molecular flexibility index (Phi) is 12.7. The van der Waals surface area contributed by atoms with Crippen molar-refractivity contribution < 1.29 is 18.9 Å². The number of carbonyl (C=O) groups is 2. The smallest absolute Gasteiger partial charge is 0.269 e. The summed E-state index contributed by atoms with van der Waals surface area (Å²) in [6.45, 7) is -0.110. The van der Waals surface area contributed by atoms with Gasteiger partial charge in [-0.3, -0.25) is 9.59 Å². The summed E-state index contributed by atoms with van der Waals surface area (Å²) < 4.78 is 14.3. The molecular weight excluding hydrogens is 905 g/mol. The van der Waals surface area contributed by atoms with Gasteiger partial charge in [0, 0.05) is 57.6 Å². The standard InChI is InChI=1S/C14H10ClIN4O.C14H11IN4O2.Cl2OS/c15-7-8-1-2-11-10(5-8)13(14(17)21)19-20(11)12-6-9(16)3-4-18-12;15-9-3-4-17-12(6-9)19-11-2-1-8(7-20)5-10(11)13(18-19)14(16)21;1-4(2)3/h1-6H,7H2,(H2,17,21);1-6,20H,7H2,(H2,16,21);. The molecule has 0 fully saturated rings. The largest absolute Gasteiger partial charge is 0.392 e. The van der Waals surface area contributed by atoms with Crippen LogP contribution < -0.4 is 11.5 Å². The molecule has 0 saturated heterocycles. The van der Waals surface area contributed by atoms with Gasteiger partial charge in [-0.1, -0.05) is 12.1 Å². The maximum absolute atomic E-state index is 11.6. The van der Waals surface area contributed by atoms with Crippen LogP contribution in [0, 0.1) is 7.14 Å². The third-order valence-corrected chi connectivity index (χ3v) is 7.79. The predicted molar refractivity (Wildman–Crippen MR) is 196 cm³/mol. The summed E-state index contributed by atoms with van der Waals surface area (Å²) in [5.74, 6) is 0.422. The van der Waals surface area contributed by atoms with E-state index in [-0.39, 0.29) is 18.0 Å². The number of amides is 2. The van der Waals surface area contributed by atoms with Gasteiger partial charge in [-0.25, -0.2) is 23.5 Å². The third kappa shape index (κ3) is 8.69. The minimum absolute atomic E-state index is 0.110. The molecule has 0 aliphatic heterocycles. The van der Waals surface area contributed by atoms with Crippen molar-refractivity contribution in [2.24, 2.45) is 11.5 Å². The quantitative estimate of drug-likeness (QED) is 0.111. The van der Waals surface area contributed by atoms with Crippen molar-refractivity contribution in [1.29, 1.82) is 0 Å². The number of carbonyl (C=O) groups excluding carboxylic acids is 2. The van der Waals surface area contributed by atoms with Gasteiger partial charge < -0.3 is 16.6 Å². The zero-order valence-electron chi connectivity index (χ0n) is 23.2.